The topological polar surface area (TPSA) is 97.6 Å². The van der Waals surface area contributed by atoms with E-state index in [1.807, 2.05) is 17.6 Å². The van der Waals surface area contributed by atoms with Crippen LogP contribution in [0.1, 0.15) is 29.8 Å². The van der Waals surface area contributed by atoms with Gasteiger partial charge in [0.25, 0.3) is 5.91 Å². The molecule has 9 nitrogen and oxygen atoms in total. The Morgan fingerprint density at radius 2 is 1.72 bits per heavy atom. The second-order valence-electron chi connectivity index (χ2n) is 7.38. The zero-order valence-corrected chi connectivity index (χ0v) is 21.8. The lowest BCUT2D eigenvalue weighted by Gasteiger charge is -2.12. The van der Waals surface area contributed by atoms with Gasteiger partial charge in [0.2, 0.25) is 5.75 Å². The van der Waals surface area contributed by atoms with Crippen LogP contribution in [-0.2, 0) is 20.8 Å². The molecule has 3 aromatic rings. The number of carbonyl (C=O) groups excluding carboxylic acids is 2. The lowest BCUT2D eigenvalue weighted by molar-refractivity contribution is -0.113. The number of hydrogen-bond donors (Lipinski definition) is 0. The van der Waals surface area contributed by atoms with E-state index in [1.165, 1.54) is 38.7 Å². The highest BCUT2D eigenvalue weighted by atomic mass is 32.1. The van der Waals surface area contributed by atoms with Gasteiger partial charge in [-0.05, 0) is 55.8 Å². The minimum Gasteiger partial charge on any atom is -0.493 e. The number of carbonyl (C=O) groups is 2. The molecule has 0 saturated carbocycles. The summed E-state index contributed by atoms with van der Waals surface area (Å²) in [6.07, 6.45) is 3.01. The first-order valence-electron chi connectivity index (χ1n) is 11.4. The molecule has 1 heterocycles. The average Bonchev–Trinajstić information content (AvgIpc) is 3.22. The number of amides is 1. The van der Waals surface area contributed by atoms with Crippen molar-refractivity contribution < 1.29 is 33.3 Å². The van der Waals surface area contributed by atoms with Gasteiger partial charge < -0.3 is 28.3 Å². The zero-order valence-electron chi connectivity index (χ0n) is 21.0. The monoisotopic (exact) mass is 514 g/mol. The molecule has 10 heteroatoms. The van der Waals surface area contributed by atoms with Crippen molar-refractivity contribution in [1.29, 1.82) is 0 Å². The third-order valence-electron chi connectivity index (χ3n) is 5.17. The van der Waals surface area contributed by atoms with E-state index in [0.29, 0.717) is 59.5 Å². The van der Waals surface area contributed by atoms with Crippen molar-refractivity contribution in [2.75, 3.05) is 41.2 Å². The summed E-state index contributed by atoms with van der Waals surface area (Å²) in [6, 6.07) is 8.78. The normalized spacial score (nSPS) is 11.8. The van der Waals surface area contributed by atoms with Gasteiger partial charge >= 0.3 is 5.97 Å². The van der Waals surface area contributed by atoms with Crippen molar-refractivity contribution in [3.63, 3.8) is 0 Å². The molecule has 0 fully saturated rings. The van der Waals surface area contributed by atoms with E-state index in [4.69, 9.17) is 23.7 Å². The van der Waals surface area contributed by atoms with Crippen LogP contribution in [0.2, 0.25) is 0 Å². The van der Waals surface area contributed by atoms with E-state index in [-0.39, 0.29) is 0 Å². The summed E-state index contributed by atoms with van der Waals surface area (Å²) in [7, 11) is 4.59. The number of esters is 1. The lowest BCUT2D eigenvalue weighted by atomic mass is 10.1. The fraction of sp³-hybridized carbons (Fsp3) is 0.346. The molecule has 36 heavy (non-hydrogen) atoms. The highest BCUT2D eigenvalue weighted by Crippen LogP contribution is 2.38. The Bertz CT molecular complexity index is 1300. The number of rotatable bonds is 11. The molecular formula is C26H30N2O7S. The molecule has 0 bridgehead atoms. The van der Waals surface area contributed by atoms with Crippen molar-refractivity contribution in [2.45, 2.75) is 20.4 Å². The van der Waals surface area contributed by atoms with Crippen LogP contribution in [0.15, 0.2) is 41.4 Å². The van der Waals surface area contributed by atoms with Gasteiger partial charge in [0.15, 0.2) is 16.3 Å². The fourth-order valence-corrected chi connectivity index (χ4v) is 4.61. The second kappa shape index (κ2) is 12.9. The van der Waals surface area contributed by atoms with Crippen molar-refractivity contribution in [2.24, 2.45) is 4.99 Å². The van der Waals surface area contributed by atoms with Crippen LogP contribution in [0.4, 0.5) is 0 Å². The summed E-state index contributed by atoms with van der Waals surface area (Å²) < 4.78 is 29.4. The van der Waals surface area contributed by atoms with Crippen LogP contribution in [-0.4, -0.2) is 57.6 Å². The Hall–Kier alpha value is -3.63. The predicted molar refractivity (Wildman–Crippen MR) is 138 cm³/mol. The summed E-state index contributed by atoms with van der Waals surface area (Å²) in [5, 5.41) is 0. The zero-order chi connectivity index (χ0) is 26.1. The predicted octanol–water partition coefficient (Wildman–Crippen LogP) is 4.08. The van der Waals surface area contributed by atoms with Gasteiger partial charge in [-0.1, -0.05) is 11.3 Å². The Labute approximate surface area is 213 Å². The molecule has 0 unspecified atom stereocenters. The SMILES string of the molecule is CCOCCn1c(=NC(=O)/C=C\c2cc(OC)c(OC)c(OC)c2)sc2cc(C(=O)OCC)ccc21. The molecule has 0 N–H and O–H groups in total. The van der Waals surface area contributed by atoms with Crippen molar-refractivity contribution in [1.82, 2.24) is 4.57 Å². The Morgan fingerprint density at radius 3 is 2.33 bits per heavy atom. The molecule has 1 amide bonds. The van der Waals surface area contributed by atoms with E-state index < -0.39 is 11.9 Å². The Kier molecular flexibility index (Phi) is 9.66. The molecule has 1 aromatic heterocycles. The van der Waals surface area contributed by atoms with Crippen LogP contribution >= 0.6 is 11.3 Å². The number of nitrogens with zero attached hydrogens (tertiary/aromatic N) is 2. The molecule has 0 aliphatic rings. The molecule has 0 radical (unpaired) electrons. The van der Waals surface area contributed by atoms with Crippen LogP contribution in [0.3, 0.4) is 0 Å². The van der Waals surface area contributed by atoms with Gasteiger partial charge in [-0.15, -0.1) is 0 Å². The van der Waals surface area contributed by atoms with Crippen LogP contribution in [0, 0.1) is 0 Å². The quantitative estimate of drug-likeness (QED) is 0.216. The summed E-state index contributed by atoms with van der Waals surface area (Å²) in [5.74, 6) is 0.603. The minimum atomic E-state index is -0.439. The van der Waals surface area contributed by atoms with Gasteiger partial charge in [0.05, 0.1) is 50.3 Å². The summed E-state index contributed by atoms with van der Waals surface area (Å²) in [4.78, 5) is 29.8. The Balaban J connectivity index is 1.97. The summed E-state index contributed by atoms with van der Waals surface area (Å²) in [6.45, 7) is 5.53. The second-order valence-corrected chi connectivity index (χ2v) is 8.39. The molecular weight excluding hydrogens is 484 g/mol. The molecule has 0 spiro atoms. The van der Waals surface area contributed by atoms with Crippen LogP contribution in [0.25, 0.3) is 16.3 Å². The highest BCUT2D eigenvalue weighted by molar-refractivity contribution is 7.16. The third kappa shape index (κ3) is 6.32. The standard InChI is InChI=1S/C26H30N2O7S/c1-6-34-13-12-28-19-10-9-18(25(30)35-7-2)16-22(19)36-26(28)27-23(29)11-8-17-14-20(31-3)24(33-5)21(15-17)32-4/h8-11,14-16H,6-7,12-13H2,1-5H3/b11-8-,27-26?. The van der Waals surface area contributed by atoms with Gasteiger partial charge in [-0.3, -0.25) is 4.79 Å². The number of aromatic nitrogens is 1. The molecule has 0 aliphatic carbocycles. The maximum absolute atomic E-state index is 12.8. The smallest absolute Gasteiger partial charge is 0.338 e. The summed E-state index contributed by atoms with van der Waals surface area (Å²) >= 11 is 1.32. The van der Waals surface area contributed by atoms with Crippen LogP contribution in [0.5, 0.6) is 17.2 Å². The minimum absolute atomic E-state index is 0.295. The number of fused-ring (bicyclic) bond motifs is 1. The first kappa shape index (κ1) is 27.0. The van der Waals surface area contributed by atoms with E-state index in [9.17, 15) is 9.59 Å². The van der Waals surface area contributed by atoms with Gasteiger partial charge in [0, 0.05) is 19.2 Å². The first-order chi connectivity index (χ1) is 17.4. The number of benzene rings is 2. The van der Waals surface area contributed by atoms with E-state index in [1.54, 1.807) is 37.3 Å². The maximum atomic E-state index is 12.8. The largest absolute Gasteiger partial charge is 0.493 e. The van der Waals surface area contributed by atoms with Gasteiger partial charge in [-0.25, -0.2) is 4.79 Å². The summed E-state index contributed by atoms with van der Waals surface area (Å²) in [5.41, 5.74) is 1.99. The number of thiazole rings is 1. The van der Waals surface area contributed by atoms with E-state index in [0.717, 1.165) is 10.2 Å². The molecule has 0 saturated heterocycles. The highest BCUT2D eigenvalue weighted by Gasteiger charge is 2.14. The maximum Gasteiger partial charge on any atom is 0.338 e. The Morgan fingerprint density at radius 1 is 1.00 bits per heavy atom. The van der Waals surface area contributed by atoms with Crippen molar-refractivity contribution in [3.05, 3.63) is 52.3 Å². The fourth-order valence-electron chi connectivity index (χ4n) is 3.51. The third-order valence-corrected chi connectivity index (χ3v) is 6.21. The average molecular weight is 515 g/mol. The molecule has 0 aliphatic heterocycles. The van der Waals surface area contributed by atoms with E-state index >= 15 is 0 Å². The number of hydrogen-bond acceptors (Lipinski definition) is 8. The first-order valence-corrected chi connectivity index (χ1v) is 12.2. The molecule has 0 atom stereocenters. The van der Waals surface area contributed by atoms with Gasteiger partial charge in [0.1, 0.15) is 0 Å². The van der Waals surface area contributed by atoms with Crippen LogP contribution < -0.4 is 19.0 Å². The molecule has 3 rings (SSSR count). The number of ether oxygens (including phenoxy) is 5. The molecule has 192 valence electrons. The molecule has 2 aromatic carbocycles. The van der Waals surface area contributed by atoms with Gasteiger partial charge in [-0.2, -0.15) is 4.99 Å². The van der Waals surface area contributed by atoms with E-state index in [2.05, 4.69) is 4.99 Å². The van der Waals surface area contributed by atoms with Crippen molar-refractivity contribution in [3.8, 4) is 17.2 Å². The number of methoxy groups -OCH3 is 3. The lowest BCUT2D eigenvalue weighted by Crippen LogP contribution is -2.19. The van der Waals surface area contributed by atoms with Crippen molar-refractivity contribution >= 4 is 39.5 Å².